The van der Waals surface area contributed by atoms with Crippen molar-refractivity contribution in [1.29, 1.82) is 0 Å². The lowest BCUT2D eigenvalue weighted by Gasteiger charge is -2.06. The molecule has 0 aliphatic heterocycles. The molecule has 2 aromatic rings. The average molecular weight is 259 g/mol. The molecule has 4 nitrogen and oxygen atoms in total. The van der Waals surface area contributed by atoms with E-state index in [9.17, 15) is 0 Å². The van der Waals surface area contributed by atoms with Crippen molar-refractivity contribution in [3.05, 3.63) is 47.3 Å². The number of hydrogen-bond donors (Lipinski definition) is 1. The number of hydrogen-bond acceptors (Lipinski definition) is 3. The molecule has 2 rings (SSSR count). The van der Waals surface area contributed by atoms with Crippen LogP contribution in [0.1, 0.15) is 23.7 Å². The lowest BCUT2D eigenvalue weighted by molar-refractivity contribution is 0.414. The van der Waals surface area contributed by atoms with Crippen molar-refractivity contribution in [3.8, 4) is 5.75 Å². The molecule has 0 saturated carbocycles. The van der Waals surface area contributed by atoms with Crippen molar-refractivity contribution >= 4 is 0 Å². The number of methoxy groups -OCH3 is 1. The van der Waals surface area contributed by atoms with Gasteiger partial charge in [0.15, 0.2) is 0 Å². The van der Waals surface area contributed by atoms with Crippen LogP contribution in [0, 0.1) is 0 Å². The SMILES string of the molecule is CCc1nn(C)cc1CNCc1ccc(OC)cc1. The first-order valence-corrected chi connectivity index (χ1v) is 6.58. The second-order valence-corrected chi connectivity index (χ2v) is 4.58. The van der Waals surface area contributed by atoms with Gasteiger partial charge in [0.05, 0.1) is 12.8 Å². The quantitative estimate of drug-likeness (QED) is 0.865. The molecular weight excluding hydrogens is 238 g/mol. The first-order valence-electron chi connectivity index (χ1n) is 6.58. The Bertz CT molecular complexity index is 517. The van der Waals surface area contributed by atoms with Gasteiger partial charge in [0.1, 0.15) is 5.75 Å². The zero-order valence-electron chi connectivity index (χ0n) is 11.8. The maximum Gasteiger partial charge on any atom is 0.118 e. The van der Waals surface area contributed by atoms with Crippen LogP contribution in [0.25, 0.3) is 0 Å². The number of ether oxygens (including phenoxy) is 1. The van der Waals surface area contributed by atoms with Crippen LogP contribution in [0.15, 0.2) is 30.5 Å². The summed E-state index contributed by atoms with van der Waals surface area (Å²) in [6.45, 7) is 3.83. The summed E-state index contributed by atoms with van der Waals surface area (Å²) in [6, 6.07) is 8.13. The molecule has 0 amide bonds. The second kappa shape index (κ2) is 6.38. The molecule has 19 heavy (non-hydrogen) atoms. The standard InChI is InChI=1S/C15H21N3O/c1-4-15-13(11-18(2)17-15)10-16-9-12-5-7-14(19-3)8-6-12/h5-8,11,16H,4,9-10H2,1-3H3. The monoisotopic (exact) mass is 259 g/mol. The van der Waals surface area contributed by atoms with Crippen LogP contribution in [0.4, 0.5) is 0 Å². The maximum absolute atomic E-state index is 5.14. The Morgan fingerprint density at radius 2 is 1.95 bits per heavy atom. The number of nitrogens with one attached hydrogen (secondary N) is 1. The summed E-state index contributed by atoms with van der Waals surface area (Å²) in [5.74, 6) is 0.893. The molecule has 0 spiro atoms. The van der Waals surface area contributed by atoms with Gasteiger partial charge in [-0.1, -0.05) is 19.1 Å². The molecule has 102 valence electrons. The average Bonchev–Trinajstić information content (AvgIpc) is 2.80. The third kappa shape index (κ3) is 3.58. The van der Waals surface area contributed by atoms with Crippen molar-refractivity contribution in [3.63, 3.8) is 0 Å². The minimum Gasteiger partial charge on any atom is -0.497 e. The minimum atomic E-state index is 0.849. The van der Waals surface area contributed by atoms with Crippen molar-refractivity contribution in [2.24, 2.45) is 7.05 Å². The van der Waals surface area contributed by atoms with Gasteiger partial charge in [0, 0.05) is 31.9 Å². The molecule has 0 aliphatic carbocycles. The highest BCUT2D eigenvalue weighted by molar-refractivity contribution is 5.27. The van der Waals surface area contributed by atoms with Gasteiger partial charge < -0.3 is 10.1 Å². The van der Waals surface area contributed by atoms with E-state index in [-0.39, 0.29) is 0 Å². The van der Waals surface area contributed by atoms with E-state index in [0.717, 1.165) is 25.3 Å². The maximum atomic E-state index is 5.14. The number of aryl methyl sites for hydroxylation is 2. The predicted octanol–water partition coefficient (Wildman–Crippen LogP) is 2.28. The molecule has 4 heteroatoms. The first-order chi connectivity index (χ1) is 9.22. The van der Waals surface area contributed by atoms with Crippen LogP contribution in [0.2, 0.25) is 0 Å². The smallest absolute Gasteiger partial charge is 0.118 e. The lowest BCUT2D eigenvalue weighted by atomic mass is 10.2. The van der Waals surface area contributed by atoms with Crippen LogP contribution < -0.4 is 10.1 Å². The van der Waals surface area contributed by atoms with E-state index in [4.69, 9.17) is 4.74 Å². The van der Waals surface area contributed by atoms with Crippen molar-refractivity contribution < 1.29 is 4.74 Å². The van der Waals surface area contributed by atoms with Gasteiger partial charge in [0.25, 0.3) is 0 Å². The summed E-state index contributed by atoms with van der Waals surface area (Å²) in [6.07, 6.45) is 3.06. The van der Waals surface area contributed by atoms with Gasteiger partial charge in [-0.05, 0) is 24.1 Å². The molecular formula is C15H21N3O. The predicted molar refractivity (Wildman–Crippen MR) is 76.1 cm³/mol. The third-order valence-corrected chi connectivity index (χ3v) is 3.13. The Balaban J connectivity index is 1.88. The highest BCUT2D eigenvalue weighted by Crippen LogP contribution is 2.11. The van der Waals surface area contributed by atoms with Crippen molar-refractivity contribution in [2.45, 2.75) is 26.4 Å². The summed E-state index contributed by atoms with van der Waals surface area (Å²) in [5, 5.41) is 7.89. The highest BCUT2D eigenvalue weighted by atomic mass is 16.5. The van der Waals surface area contributed by atoms with E-state index in [0.29, 0.717) is 0 Å². The van der Waals surface area contributed by atoms with Gasteiger partial charge in [0.2, 0.25) is 0 Å². The van der Waals surface area contributed by atoms with Crippen LogP contribution in [0.3, 0.4) is 0 Å². The Labute approximate surface area is 114 Å². The van der Waals surface area contributed by atoms with Gasteiger partial charge in [-0.3, -0.25) is 4.68 Å². The molecule has 0 unspecified atom stereocenters. The molecule has 1 aromatic heterocycles. The molecule has 0 bridgehead atoms. The Kier molecular flexibility index (Phi) is 4.58. The molecule has 1 N–H and O–H groups in total. The second-order valence-electron chi connectivity index (χ2n) is 4.58. The fraction of sp³-hybridized carbons (Fsp3) is 0.400. The molecule has 0 atom stereocenters. The molecule has 0 aliphatic rings. The van der Waals surface area contributed by atoms with Gasteiger partial charge in [-0.25, -0.2) is 0 Å². The zero-order chi connectivity index (χ0) is 13.7. The normalized spacial score (nSPS) is 10.7. The van der Waals surface area contributed by atoms with E-state index in [1.165, 1.54) is 16.8 Å². The fourth-order valence-electron chi connectivity index (χ4n) is 2.11. The summed E-state index contributed by atoms with van der Waals surface area (Å²) < 4.78 is 7.02. The molecule has 1 heterocycles. The number of nitrogens with zero attached hydrogens (tertiary/aromatic N) is 2. The molecule has 0 fully saturated rings. The van der Waals surface area contributed by atoms with Crippen molar-refractivity contribution in [2.75, 3.05) is 7.11 Å². The van der Waals surface area contributed by atoms with Crippen molar-refractivity contribution in [1.82, 2.24) is 15.1 Å². The minimum absolute atomic E-state index is 0.849. The molecule has 0 radical (unpaired) electrons. The topological polar surface area (TPSA) is 39.1 Å². The summed E-state index contributed by atoms with van der Waals surface area (Å²) in [7, 11) is 3.65. The van der Waals surface area contributed by atoms with Crippen LogP contribution in [0.5, 0.6) is 5.75 Å². The van der Waals surface area contributed by atoms with E-state index >= 15 is 0 Å². The Hall–Kier alpha value is -1.81. The fourth-order valence-corrected chi connectivity index (χ4v) is 2.11. The van der Waals surface area contributed by atoms with E-state index in [1.54, 1.807) is 7.11 Å². The van der Waals surface area contributed by atoms with Gasteiger partial charge in [-0.15, -0.1) is 0 Å². The van der Waals surface area contributed by atoms with Crippen LogP contribution >= 0.6 is 0 Å². The van der Waals surface area contributed by atoms with Crippen LogP contribution in [-0.2, 0) is 26.6 Å². The summed E-state index contributed by atoms with van der Waals surface area (Å²) in [4.78, 5) is 0. The van der Waals surface area contributed by atoms with Crippen LogP contribution in [-0.4, -0.2) is 16.9 Å². The number of aromatic nitrogens is 2. The largest absolute Gasteiger partial charge is 0.497 e. The zero-order valence-corrected chi connectivity index (χ0v) is 11.8. The van der Waals surface area contributed by atoms with E-state index < -0.39 is 0 Å². The van der Waals surface area contributed by atoms with E-state index in [2.05, 4.69) is 35.7 Å². The Morgan fingerprint density at radius 3 is 2.58 bits per heavy atom. The highest BCUT2D eigenvalue weighted by Gasteiger charge is 2.05. The summed E-state index contributed by atoms with van der Waals surface area (Å²) >= 11 is 0. The molecule has 1 aromatic carbocycles. The Morgan fingerprint density at radius 1 is 1.21 bits per heavy atom. The van der Waals surface area contributed by atoms with E-state index in [1.807, 2.05) is 23.9 Å². The summed E-state index contributed by atoms with van der Waals surface area (Å²) in [5.41, 5.74) is 3.70. The lowest BCUT2D eigenvalue weighted by Crippen LogP contribution is -2.13. The number of benzene rings is 1. The van der Waals surface area contributed by atoms with Gasteiger partial charge in [-0.2, -0.15) is 5.10 Å². The molecule has 0 saturated heterocycles. The third-order valence-electron chi connectivity index (χ3n) is 3.13. The first kappa shape index (κ1) is 13.6. The number of rotatable bonds is 6. The van der Waals surface area contributed by atoms with Gasteiger partial charge >= 0.3 is 0 Å².